The molecule has 4 rings (SSSR count). The molecule has 140 valence electrons. The first kappa shape index (κ1) is 17.8. The second-order valence-corrected chi connectivity index (χ2v) is 7.84. The van der Waals surface area contributed by atoms with Crippen LogP contribution in [0.4, 0.5) is 0 Å². The fourth-order valence-corrected chi connectivity index (χ4v) is 4.08. The number of aromatic nitrogens is 3. The molecule has 26 heavy (non-hydrogen) atoms. The van der Waals surface area contributed by atoms with Crippen molar-refractivity contribution in [3.05, 3.63) is 40.4 Å². The quantitative estimate of drug-likeness (QED) is 0.840. The molecule has 2 heterocycles. The van der Waals surface area contributed by atoms with Gasteiger partial charge in [-0.2, -0.15) is 0 Å². The van der Waals surface area contributed by atoms with Crippen LogP contribution in [0, 0.1) is 0 Å². The molecule has 0 radical (unpaired) electrons. The zero-order valence-corrected chi connectivity index (χ0v) is 16.0. The summed E-state index contributed by atoms with van der Waals surface area (Å²) in [5.74, 6) is 2.93. The highest BCUT2D eigenvalue weighted by Gasteiger charge is 2.31. The molecule has 1 aromatic heterocycles. The van der Waals surface area contributed by atoms with Gasteiger partial charge in [0, 0.05) is 25.6 Å². The van der Waals surface area contributed by atoms with Crippen LogP contribution in [0.15, 0.2) is 18.2 Å². The zero-order chi connectivity index (χ0) is 18.1. The van der Waals surface area contributed by atoms with Crippen LogP contribution in [0.2, 0.25) is 5.02 Å². The fraction of sp³-hybridized carbons (Fsp3) is 0.579. The number of halogens is 1. The first-order valence-electron chi connectivity index (χ1n) is 9.38. The minimum Gasteiger partial charge on any atom is -0.484 e. The van der Waals surface area contributed by atoms with Crippen molar-refractivity contribution < 1.29 is 4.74 Å². The summed E-state index contributed by atoms with van der Waals surface area (Å²) in [7, 11) is 1.99. The summed E-state index contributed by atoms with van der Waals surface area (Å²) in [4.78, 5) is 2.43. The molecule has 1 aromatic carbocycles. The van der Waals surface area contributed by atoms with E-state index in [1.807, 2.05) is 23.7 Å². The molecule has 6 nitrogen and oxygen atoms in total. The molecule has 1 aliphatic heterocycles. The number of benzene rings is 1. The largest absolute Gasteiger partial charge is 0.484 e. The lowest BCUT2D eigenvalue weighted by atomic mass is 9.80. The van der Waals surface area contributed by atoms with Gasteiger partial charge in [-0.3, -0.25) is 4.90 Å². The van der Waals surface area contributed by atoms with Crippen molar-refractivity contribution in [3.8, 4) is 5.75 Å². The van der Waals surface area contributed by atoms with E-state index in [0.29, 0.717) is 29.3 Å². The maximum atomic E-state index is 6.59. The fourth-order valence-electron chi connectivity index (χ4n) is 3.84. The summed E-state index contributed by atoms with van der Waals surface area (Å²) >= 11 is 6.59. The van der Waals surface area contributed by atoms with Gasteiger partial charge in [-0.25, -0.2) is 0 Å². The van der Waals surface area contributed by atoms with Gasteiger partial charge in [-0.15, -0.1) is 10.2 Å². The first-order valence-corrected chi connectivity index (χ1v) is 9.76. The Hall–Kier alpha value is -1.63. The summed E-state index contributed by atoms with van der Waals surface area (Å²) in [5.41, 5.74) is 7.01. The van der Waals surface area contributed by atoms with Gasteiger partial charge >= 0.3 is 0 Å². The van der Waals surface area contributed by atoms with Crippen LogP contribution in [0.5, 0.6) is 5.75 Å². The van der Waals surface area contributed by atoms with E-state index in [-0.39, 0.29) is 0 Å². The molecular formula is C19H26ClN5O. The zero-order valence-electron chi connectivity index (χ0n) is 15.2. The minimum absolute atomic E-state index is 0.300. The first-order chi connectivity index (χ1) is 12.6. The van der Waals surface area contributed by atoms with Crippen molar-refractivity contribution >= 4 is 11.6 Å². The Kier molecular flexibility index (Phi) is 5.16. The lowest BCUT2D eigenvalue weighted by molar-refractivity contribution is 0.286. The number of nitrogens with zero attached hydrogens (tertiary/aromatic N) is 4. The van der Waals surface area contributed by atoms with E-state index in [9.17, 15) is 0 Å². The predicted octanol–water partition coefficient (Wildman–Crippen LogP) is 2.85. The summed E-state index contributed by atoms with van der Waals surface area (Å²) < 4.78 is 8.00. The summed E-state index contributed by atoms with van der Waals surface area (Å²) in [5, 5.41) is 9.32. The van der Waals surface area contributed by atoms with Crippen LogP contribution >= 0.6 is 11.6 Å². The maximum absolute atomic E-state index is 6.59. The number of likely N-dealkylation sites (tertiary alicyclic amines) is 1. The van der Waals surface area contributed by atoms with Crippen molar-refractivity contribution in [1.82, 2.24) is 19.7 Å². The van der Waals surface area contributed by atoms with E-state index in [2.05, 4.69) is 21.2 Å². The van der Waals surface area contributed by atoms with Gasteiger partial charge in [-0.05, 0) is 50.4 Å². The number of rotatable bonds is 6. The Balaban J connectivity index is 1.41. The molecule has 7 heteroatoms. The SMILES string of the molecule is Cn1c(COc2cccc(CN3CCCC3)c2Cl)nnc1C1CC(N)C1. The summed E-state index contributed by atoms with van der Waals surface area (Å²) in [6, 6.07) is 6.30. The van der Waals surface area contributed by atoms with Crippen LogP contribution in [-0.2, 0) is 20.2 Å². The van der Waals surface area contributed by atoms with Crippen molar-refractivity contribution in [2.24, 2.45) is 12.8 Å². The predicted molar refractivity (Wildman–Crippen MR) is 101 cm³/mol. The van der Waals surface area contributed by atoms with Crippen molar-refractivity contribution in [3.63, 3.8) is 0 Å². The van der Waals surface area contributed by atoms with Gasteiger partial charge in [0.1, 0.15) is 18.2 Å². The highest BCUT2D eigenvalue weighted by molar-refractivity contribution is 6.32. The second-order valence-electron chi connectivity index (χ2n) is 7.46. The van der Waals surface area contributed by atoms with Gasteiger partial charge in [0.25, 0.3) is 0 Å². The van der Waals surface area contributed by atoms with Gasteiger partial charge in [-0.1, -0.05) is 23.7 Å². The molecule has 0 unspecified atom stereocenters. The summed E-state index contributed by atoms with van der Waals surface area (Å²) in [6.45, 7) is 3.53. The maximum Gasteiger partial charge on any atom is 0.170 e. The molecule has 2 N–H and O–H groups in total. The Bertz CT molecular complexity index is 765. The number of hydrogen-bond acceptors (Lipinski definition) is 5. The smallest absolute Gasteiger partial charge is 0.170 e. The number of ether oxygens (including phenoxy) is 1. The van der Waals surface area contributed by atoms with Crippen LogP contribution < -0.4 is 10.5 Å². The molecule has 0 atom stereocenters. The number of hydrogen-bond donors (Lipinski definition) is 1. The third kappa shape index (κ3) is 3.59. The molecule has 0 bridgehead atoms. The Morgan fingerprint density at radius 2 is 2.00 bits per heavy atom. The van der Waals surface area contributed by atoms with Crippen LogP contribution in [0.25, 0.3) is 0 Å². The van der Waals surface area contributed by atoms with Crippen LogP contribution in [0.3, 0.4) is 0 Å². The van der Waals surface area contributed by atoms with Crippen molar-refractivity contribution in [2.75, 3.05) is 13.1 Å². The monoisotopic (exact) mass is 375 g/mol. The van der Waals surface area contributed by atoms with E-state index in [1.54, 1.807) is 0 Å². The minimum atomic E-state index is 0.300. The molecule has 2 aromatic rings. The average Bonchev–Trinajstić information content (AvgIpc) is 3.23. The van der Waals surface area contributed by atoms with E-state index >= 15 is 0 Å². The normalized spacial score (nSPS) is 23.2. The van der Waals surface area contributed by atoms with Crippen LogP contribution in [-0.4, -0.2) is 38.8 Å². The van der Waals surface area contributed by atoms with Gasteiger partial charge < -0.3 is 15.0 Å². The molecule has 1 saturated carbocycles. The second kappa shape index (κ2) is 7.55. The Morgan fingerprint density at radius 1 is 1.23 bits per heavy atom. The Morgan fingerprint density at radius 3 is 2.73 bits per heavy atom. The van der Waals surface area contributed by atoms with Gasteiger partial charge in [0.05, 0.1) is 5.02 Å². The molecule has 1 aliphatic carbocycles. The summed E-state index contributed by atoms with van der Waals surface area (Å²) in [6.07, 6.45) is 4.51. The van der Waals surface area contributed by atoms with E-state index in [4.69, 9.17) is 22.1 Å². The highest BCUT2D eigenvalue weighted by atomic mass is 35.5. The topological polar surface area (TPSA) is 69.2 Å². The molecule has 2 fully saturated rings. The van der Waals surface area contributed by atoms with Crippen molar-refractivity contribution in [2.45, 2.75) is 50.8 Å². The Labute approximate surface area is 159 Å². The molecule has 0 amide bonds. The highest BCUT2D eigenvalue weighted by Crippen LogP contribution is 2.35. The molecule has 0 spiro atoms. The van der Waals surface area contributed by atoms with E-state index < -0.39 is 0 Å². The molecule has 1 saturated heterocycles. The molecular weight excluding hydrogens is 350 g/mol. The van der Waals surface area contributed by atoms with Crippen molar-refractivity contribution in [1.29, 1.82) is 0 Å². The third-order valence-electron chi connectivity index (χ3n) is 5.53. The molecule has 2 aliphatic rings. The lowest BCUT2D eigenvalue weighted by Crippen LogP contribution is -2.36. The standard InChI is InChI=1S/C19H26ClN5O/c1-24-17(22-23-19(24)14-9-15(21)10-14)12-26-16-6-4-5-13(18(16)20)11-25-7-2-3-8-25/h4-6,14-15H,2-3,7-12,21H2,1H3. The van der Waals surface area contributed by atoms with E-state index in [1.165, 1.54) is 12.8 Å². The van der Waals surface area contributed by atoms with E-state index in [0.717, 1.165) is 49.7 Å². The van der Waals surface area contributed by atoms with Gasteiger partial charge in [0.2, 0.25) is 0 Å². The van der Waals surface area contributed by atoms with Crippen LogP contribution in [0.1, 0.15) is 48.8 Å². The third-order valence-corrected chi connectivity index (χ3v) is 5.96. The lowest BCUT2D eigenvalue weighted by Gasteiger charge is -2.31. The van der Waals surface area contributed by atoms with Gasteiger partial charge in [0.15, 0.2) is 5.82 Å². The number of nitrogens with two attached hydrogens (primary N) is 1. The average molecular weight is 376 g/mol.